The quantitative estimate of drug-likeness (QED) is 0.822. The van der Waals surface area contributed by atoms with Crippen LogP contribution in [0.5, 0.6) is 0 Å². The summed E-state index contributed by atoms with van der Waals surface area (Å²) in [5.74, 6) is 4.72. The van der Waals surface area contributed by atoms with E-state index < -0.39 is 5.82 Å². The van der Waals surface area contributed by atoms with Gasteiger partial charge in [-0.15, -0.1) is 0 Å². The average molecular weight is 289 g/mol. The van der Waals surface area contributed by atoms with Crippen LogP contribution in [0.15, 0.2) is 18.2 Å². The highest BCUT2D eigenvalue weighted by Gasteiger charge is 2.22. The van der Waals surface area contributed by atoms with Gasteiger partial charge in [-0.1, -0.05) is 31.6 Å². The lowest BCUT2D eigenvalue weighted by Crippen LogP contribution is -2.38. The van der Waals surface area contributed by atoms with Gasteiger partial charge in [-0.05, 0) is 37.0 Å². The maximum atomic E-state index is 14.0. The highest BCUT2D eigenvalue weighted by molar-refractivity contribution is 5.94. The molecule has 21 heavy (non-hydrogen) atoms. The third-order valence-electron chi connectivity index (χ3n) is 3.80. The number of halogens is 1. The zero-order valence-electron chi connectivity index (χ0n) is 12.2. The van der Waals surface area contributed by atoms with Crippen molar-refractivity contribution < 1.29 is 14.3 Å². The van der Waals surface area contributed by atoms with E-state index >= 15 is 0 Å². The maximum Gasteiger partial charge on any atom is 0.254 e. The second-order valence-electron chi connectivity index (χ2n) is 5.60. The SMILES string of the molecule is CC1CCCC(NC(=O)c2ccc(C#CCO)cc2F)C1. The first-order chi connectivity index (χ1) is 10.1. The molecule has 1 amide bonds. The Morgan fingerprint density at radius 1 is 1.48 bits per heavy atom. The molecule has 1 aliphatic carbocycles. The predicted octanol–water partition coefficient (Wildman–Crippen LogP) is 2.48. The fourth-order valence-electron chi connectivity index (χ4n) is 2.75. The third-order valence-corrected chi connectivity index (χ3v) is 3.80. The summed E-state index contributed by atoms with van der Waals surface area (Å²) in [5.41, 5.74) is 0.493. The Balaban J connectivity index is 2.05. The molecule has 0 saturated heterocycles. The number of nitrogens with one attached hydrogen (secondary N) is 1. The number of carbonyl (C=O) groups excluding carboxylic acids is 1. The molecule has 0 aliphatic heterocycles. The van der Waals surface area contributed by atoms with Crippen LogP contribution >= 0.6 is 0 Å². The van der Waals surface area contributed by atoms with Crippen molar-refractivity contribution in [2.75, 3.05) is 6.61 Å². The van der Waals surface area contributed by atoms with Crippen LogP contribution in [-0.4, -0.2) is 23.7 Å². The van der Waals surface area contributed by atoms with E-state index in [0.29, 0.717) is 11.5 Å². The Hall–Kier alpha value is -1.86. The summed E-state index contributed by atoms with van der Waals surface area (Å²) in [6.45, 7) is 1.90. The minimum absolute atomic E-state index is 0.0442. The first-order valence-corrected chi connectivity index (χ1v) is 7.30. The number of aliphatic hydroxyl groups is 1. The van der Waals surface area contributed by atoms with Crippen molar-refractivity contribution >= 4 is 5.91 Å². The van der Waals surface area contributed by atoms with Gasteiger partial charge in [0.25, 0.3) is 5.91 Å². The molecule has 0 bridgehead atoms. The molecule has 2 rings (SSSR count). The van der Waals surface area contributed by atoms with Gasteiger partial charge in [0.15, 0.2) is 0 Å². The molecule has 1 aromatic rings. The van der Waals surface area contributed by atoms with Gasteiger partial charge in [-0.2, -0.15) is 0 Å². The lowest BCUT2D eigenvalue weighted by Gasteiger charge is -2.27. The fourth-order valence-corrected chi connectivity index (χ4v) is 2.75. The van der Waals surface area contributed by atoms with E-state index in [1.54, 1.807) is 6.07 Å². The zero-order valence-corrected chi connectivity index (χ0v) is 12.2. The number of aliphatic hydroxyl groups excluding tert-OH is 1. The van der Waals surface area contributed by atoms with Crippen LogP contribution in [0.3, 0.4) is 0 Å². The van der Waals surface area contributed by atoms with E-state index in [1.807, 2.05) is 0 Å². The molecular weight excluding hydrogens is 269 g/mol. The summed E-state index contributed by atoms with van der Waals surface area (Å²) in [6.07, 6.45) is 4.20. The second-order valence-corrected chi connectivity index (χ2v) is 5.60. The highest BCUT2D eigenvalue weighted by atomic mass is 19.1. The minimum Gasteiger partial charge on any atom is -0.384 e. The summed E-state index contributed by atoms with van der Waals surface area (Å²) in [4.78, 5) is 12.1. The standard InChI is InChI=1S/C17H20FNO2/c1-12-4-2-6-14(10-12)19-17(21)15-8-7-13(5-3-9-20)11-16(15)18/h7-8,11-12,14,20H,2,4,6,9-10H2,1H3,(H,19,21). The number of carbonyl (C=O) groups is 1. The molecule has 1 aromatic carbocycles. The lowest BCUT2D eigenvalue weighted by atomic mass is 9.87. The van der Waals surface area contributed by atoms with Crippen molar-refractivity contribution in [2.24, 2.45) is 5.92 Å². The van der Waals surface area contributed by atoms with Gasteiger partial charge in [-0.3, -0.25) is 4.79 Å². The predicted molar refractivity (Wildman–Crippen MR) is 79.3 cm³/mol. The van der Waals surface area contributed by atoms with Gasteiger partial charge in [0.2, 0.25) is 0 Å². The topological polar surface area (TPSA) is 49.3 Å². The summed E-state index contributed by atoms with van der Waals surface area (Å²) in [6, 6.07) is 4.39. The van der Waals surface area contributed by atoms with E-state index in [0.717, 1.165) is 19.3 Å². The van der Waals surface area contributed by atoms with E-state index in [2.05, 4.69) is 24.1 Å². The van der Waals surface area contributed by atoms with Gasteiger partial charge in [0.05, 0.1) is 5.56 Å². The van der Waals surface area contributed by atoms with Crippen LogP contribution in [-0.2, 0) is 0 Å². The van der Waals surface area contributed by atoms with Gasteiger partial charge in [0, 0.05) is 11.6 Å². The molecule has 0 aromatic heterocycles. The molecular formula is C17H20FNO2. The number of hydrogen-bond donors (Lipinski definition) is 2. The van der Waals surface area contributed by atoms with E-state index in [9.17, 15) is 9.18 Å². The van der Waals surface area contributed by atoms with Gasteiger partial charge >= 0.3 is 0 Å². The minimum atomic E-state index is -0.582. The Bertz CT molecular complexity index is 574. The van der Waals surface area contributed by atoms with Gasteiger partial charge < -0.3 is 10.4 Å². The lowest BCUT2D eigenvalue weighted by molar-refractivity contribution is 0.0917. The molecule has 1 aliphatic rings. The molecule has 1 fully saturated rings. The van der Waals surface area contributed by atoms with E-state index in [-0.39, 0.29) is 24.1 Å². The van der Waals surface area contributed by atoms with Crippen LogP contribution in [0.1, 0.15) is 48.5 Å². The second kappa shape index (κ2) is 7.24. The van der Waals surface area contributed by atoms with Crippen LogP contribution < -0.4 is 5.32 Å². The molecule has 112 valence electrons. The molecule has 0 radical (unpaired) electrons. The first-order valence-electron chi connectivity index (χ1n) is 7.30. The third kappa shape index (κ3) is 4.30. The van der Waals surface area contributed by atoms with Crippen molar-refractivity contribution in [2.45, 2.75) is 38.6 Å². The van der Waals surface area contributed by atoms with Gasteiger partial charge in [-0.25, -0.2) is 4.39 Å². The smallest absolute Gasteiger partial charge is 0.254 e. The number of rotatable bonds is 2. The van der Waals surface area contributed by atoms with Crippen LogP contribution in [0.25, 0.3) is 0 Å². The molecule has 2 N–H and O–H groups in total. The molecule has 1 saturated carbocycles. The van der Waals surface area contributed by atoms with Gasteiger partial charge in [0.1, 0.15) is 12.4 Å². The maximum absolute atomic E-state index is 14.0. The number of benzene rings is 1. The molecule has 2 atom stereocenters. The Morgan fingerprint density at radius 2 is 2.29 bits per heavy atom. The van der Waals surface area contributed by atoms with Crippen molar-refractivity contribution in [1.29, 1.82) is 0 Å². The van der Waals surface area contributed by atoms with E-state index in [1.165, 1.54) is 18.6 Å². The molecule has 0 heterocycles. The molecule has 3 nitrogen and oxygen atoms in total. The van der Waals surface area contributed by atoms with E-state index in [4.69, 9.17) is 5.11 Å². The Morgan fingerprint density at radius 3 is 2.95 bits per heavy atom. The summed E-state index contributed by atoms with van der Waals surface area (Å²) in [7, 11) is 0. The molecule has 4 heteroatoms. The monoisotopic (exact) mass is 289 g/mol. The van der Waals surface area contributed by atoms with Crippen LogP contribution in [0.2, 0.25) is 0 Å². The Labute approximate surface area is 124 Å². The Kier molecular flexibility index (Phi) is 5.35. The summed E-state index contributed by atoms with van der Waals surface area (Å²) < 4.78 is 14.0. The van der Waals surface area contributed by atoms with Crippen molar-refractivity contribution in [3.8, 4) is 11.8 Å². The summed E-state index contributed by atoms with van der Waals surface area (Å²) >= 11 is 0. The van der Waals surface area contributed by atoms with Crippen molar-refractivity contribution in [3.05, 3.63) is 35.1 Å². The van der Waals surface area contributed by atoms with Crippen LogP contribution in [0, 0.1) is 23.6 Å². The largest absolute Gasteiger partial charge is 0.384 e. The van der Waals surface area contributed by atoms with Crippen molar-refractivity contribution in [3.63, 3.8) is 0 Å². The van der Waals surface area contributed by atoms with Crippen LogP contribution in [0.4, 0.5) is 4.39 Å². The summed E-state index contributed by atoms with van der Waals surface area (Å²) in [5, 5.41) is 11.5. The number of amides is 1. The first kappa shape index (κ1) is 15.5. The normalized spacial score (nSPS) is 21.3. The fraction of sp³-hybridized carbons (Fsp3) is 0.471. The highest BCUT2D eigenvalue weighted by Crippen LogP contribution is 2.24. The molecule has 0 spiro atoms. The number of hydrogen-bond acceptors (Lipinski definition) is 2. The zero-order chi connectivity index (χ0) is 15.2. The van der Waals surface area contributed by atoms with Crippen molar-refractivity contribution in [1.82, 2.24) is 5.32 Å². The molecule has 2 unspecified atom stereocenters. The average Bonchev–Trinajstić information content (AvgIpc) is 2.45.